The van der Waals surface area contributed by atoms with Gasteiger partial charge in [0, 0.05) is 24.3 Å². The van der Waals surface area contributed by atoms with Gasteiger partial charge in [0.2, 0.25) is 10.0 Å². The zero-order valence-electron chi connectivity index (χ0n) is 15.9. The summed E-state index contributed by atoms with van der Waals surface area (Å²) in [6.45, 7) is 4.84. The average molecular weight is 459 g/mol. The van der Waals surface area contributed by atoms with Crippen molar-refractivity contribution < 1.29 is 22.7 Å². The van der Waals surface area contributed by atoms with Crippen molar-refractivity contribution in [3.05, 3.63) is 45.9 Å². The number of carbonyl (C=O) groups is 1. The summed E-state index contributed by atoms with van der Waals surface area (Å²) in [6, 6.07) is 7.30. The SMILES string of the molecule is CCN(CC)S(=O)(=O)c1cc(NC(=O)c2cc(Cl)c3c(c2)OCCO3)ccc1Cl. The fraction of sp³-hybridized carbons (Fsp3) is 0.316. The Bertz CT molecular complexity index is 1040. The van der Waals surface area contributed by atoms with E-state index in [0.717, 1.165) is 0 Å². The first-order valence-corrected chi connectivity index (χ1v) is 11.2. The summed E-state index contributed by atoms with van der Waals surface area (Å²) in [4.78, 5) is 12.6. The molecule has 1 heterocycles. The van der Waals surface area contributed by atoms with E-state index in [1.165, 1.54) is 34.6 Å². The molecule has 1 amide bonds. The van der Waals surface area contributed by atoms with Gasteiger partial charge in [-0.05, 0) is 30.3 Å². The highest BCUT2D eigenvalue weighted by molar-refractivity contribution is 7.89. The number of hydrogen-bond acceptors (Lipinski definition) is 5. The highest BCUT2D eigenvalue weighted by atomic mass is 35.5. The molecular weight excluding hydrogens is 439 g/mol. The second-order valence-corrected chi connectivity index (χ2v) is 8.89. The molecule has 29 heavy (non-hydrogen) atoms. The molecule has 2 aromatic carbocycles. The molecule has 7 nitrogen and oxygen atoms in total. The topological polar surface area (TPSA) is 84.9 Å². The van der Waals surface area contributed by atoms with Gasteiger partial charge in [0.05, 0.1) is 10.0 Å². The molecule has 10 heteroatoms. The molecule has 0 aliphatic carbocycles. The van der Waals surface area contributed by atoms with Crippen molar-refractivity contribution >= 4 is 44.8 Å². The molecule has 1 aliphatic rings. The Kier molecular flexibility index (Phi) is 6.58. The zero-order valence-corrected chi connectivity index (χ0v) is 18.2. The lowest BCUT2D eigenvalue weighted by Gasteiger charge is -2.20. The lowest BCUT2D eigenvalue weighted by molar-refractivity contribution is 0.102. The van der Waals surface area contributed by atoms with Crippen LogP contribution in [0.15, 0.2) is 35.2 Å². The van der Waals surface area contributed by atoms with Gasteiger partial charge in [-0.1, -0.05) is 37.0 Å². The minimum absolute atomic E-state index is 0.0686. The first-order valence-electron chi connectivity index (χ1n) is 8.98. The summed E-state index contributed by atoms with van der Waals surface area (Å²) < 4.78 is 37.8. The van der Waals surface area contributed by atoms with E-state index in [1.807, 2.05) is 0 Å². The van der Waals surface area contributed by atoms with Gasteiger partial charge in [-0.2, -0.15) is 4.31 Å². The first kappa shape index (κ1) is 21.7. The van der Waals surface area contributed by atoms with Crippen molar-refractivity contribution in [3.8, 4) is 11.5 Å². The van der Waals surface area contributed by atoms with Crippen molar-refractivity contribution in [1.29, 1.82) is 0 Å². The maximum absolute atomic E-state index is 12.8. The van der Waals surface area contributed by atoms with Gasteiger partial charge >= 0.3 is 0 Å². The Hall–Kier alpha value is -2.00. The molecule has 156 valence electrons. The highest BCUT2D eigenvalue weighted by Gasteiger charge is 2.25. The number of amides is 1. The largest absolute Gasteiger partial charge is 0.486 e. The Balaban J connectivity index is 1.90. The van der Waals surface area contributed by atoms with Crippen LogP contribution in [0.1, 0.15) is 24.2 Å². The van der Waals surface area contributed by atoms with E-state index in [-0.39, 0.29) is 26.2 Å². The Labute approximate surface area is 179 Å². The predicted molar refractivity (Wildman–Crippen MR) is 112 cm³/mol. The fourth-order valence-corrected chi connectivity index (χ4v) is 5.15. The number of rotatable bonds is 6. The summed E-state index contributed by atoms with van der Waals surface area (Å²) in [5, 5.41) is 3.01. The van der Waals surface area contributed by atoms with E-state index in [0.29, 0.717) is 37.8 Å². The normalized spacial score (nSPS) is 13.4. The lowest BCUT2D eigenvalue weighted by atomic mass is 10.1. The third kappa shape index (κ3) is 4.45. The van der Waals surface area contributed by atoms with Gasteiger partial charge in [-0.25, -0.2) is 8.42 Å². The number of carbonyl (C=O) groups excluding carboxylic acids is 1. The van der Waals surface area contributed by atoms with E-state index in [2.05, 4.69) is 5.32 Å². The summed E-state index contributed by atoms with van der Waals surface area (Å²) in [6.07, 6.45) is 0. The van der Waals surface area contributed by atoms with Gasteiger partial charge < -0.3 is 14.8 Å². The highest BCUT2D eigenvalue weighted by Crippen LogP contribution is 2.38. The summed E-state index contributed by atoms with van der Waals surface area (Å²) >= 11 is 12.3. The number of nitrogens with zero attached hydrogens (tertiary/aromatic N) is 1. The van der Waals surface area contributed by atoms with Crippen LogP contribution in [0.5, 0.6) is 11.5 Å². The Morgan fingerprint density at radius 1 is 1.07 bits per heavy atom. The Morgan fingerprint density at radius 3 is 2.45 bits per heavy atom. The van der Waals surface area contributed by atoms with Crippen LogP contribution in [-0.2, 0) is 10.0 Å². The number of hydrogen-bond donors (Lipinski definition) is 1. The number of sulfonamides is 1. The molecule has 0 saturated heterocycles. The molecule has 0 bridgehead atoms. The van der Waals surface area contributed by atoms with Gasteiger partial charge in [0.1, 0.15) is 18.1 Å². The first-order chi connectivity index (χ1) is 13.8. The third-order valence-corrected chi connectivity index (χ3v) is 7.18. The quantitative estimate of drug-likeness (QED) is 0.705. The molecular formula is C19H20Cl2N2O5S. The number of nitrogens with one attached hydrogen (secondary N) is 1. The number of halogens is 2. The van der Waals surface area contributed by atoms with Crippen molar-refractivity contribution in [2.45, 2.75) is 18.7 Å². The van der Waals surface area contributed by atoms with Gasteiger partial charge in [-0.15, -0.1) is 0 Å². The van der Waals surface area contributed by atoms with Crippen molar-refractivity contribution in [1.82, 2.24) is 4.31 Å². The van der Waals surface area contributed by atoms with Crippen LogP contribution in [0.2, 0.25) is 10.0 Å². The van der Waals surface area contributed by atoms with Crippen LogP contribution >= 0.6 is 23.2 Å². The number of anilines is 1. The van der Waals surface area contributed by atoms with Gasteiger partial charge in [0.15, 0.2) is 11.5 Å². The zero-order chi connectivity index (χ0) is 21.2. The molecule has 0 spiro atoms. The molecule has 1 N–H and O–H groups in total. The minimum atomic E-state index is -3.78. The number of fused-ring (bicyclic) bond motifs is 1. The molecule has 1 aliphatic heterocycles. The average Bonchev–Trinajstić information content (AvgIpc) is 2.70. The summed E-state index contributed by atoms with van der Waals surface area (Å²) in [7, 11) is -3.78. The van der Waals surface area contributed by atoms with Crippen molar-refractivity contribution in [2.75, 3.05) is 31.6 Å². The molecule has 0 aromatic heterocycles. The maximum Gasteiger partial charge on any atom is 0.255 e. The maximum atomic E-state index is 12.8. The molecule has 0 atom stereocenters. The number of ether oxygens (including phenoxy) is 2. The fourth-order valence-electron chi connectivity index (χ4n) is 2.93. The molecule has 3 rings (SSSR count). The van der Waals surface area contributed by atoms with Crippen LogP contribution in [0, 0.1) is 0 Å². The second-order valence-electron chi connectivity index (χ2n) is 6.17. The van der Waals surface area contributed by atoms with Crippen molar-refractivity contribution in [3.63, 3.8) is 0 Å². The molecule has 0 fully saturated rings. The summed E-state index contributed by atoms with van der Waals surface area (Å²) in [5.74, 6) is 0.306. The van der Waals surface area contributed by atoms with Gasteiger partial charge in [0.25, 0.3) is 5.91 Å². The molecule has 0 unspecified atom stereocenters. The van der Waals surface area contributed by atoms with E-state index in [9.17, 15) is 13.2 Å². The van der Waals surface area contributed by atoms with Crippen LogP contribution in [0.3, 0.4) is 0 Å². The smallest absolute Gasteiger partial charge is 0.255 e. The molecule has 0 radical (unpaired) electrons. The van der Waals surface area contributed by atoms with E-state index >= 15 is 0 Å². The second kappa shape index (κ2) is 8.79. The lowest BCUT2D eigenvalue weighted by Crippen LogP contribution is -2.30. The van der Waals surface area contributed by atoms with E-state index in [1.54, 1.807) is 13.8 Å². The van der Waals surface area contributed by atoms with Gasteiger partial charge in [-0.3, -0.25) is 4.79 Å². The standard InChI is InChI=1S/C19H20Cl2N2O5S/c1-3-23(4-2)29(25,26)17-11-13(5-6-14(17)20)22-19(24)12-9-15(21)18-16(10-12)27-7-8-28-18/h5-6,9-11H,3-4,7-8H2,1-2H3,(H,22,24). The van der Waals surface area contributed by atoms with E-state index < -0.39 is 15.9 Å². The van der Waals surface area contributed by atoms with Crippen LogP contribution in [-0.4, -0.2) is 44.9 Å². The molecule has 2 aromatic rings. The van der Waals surface area contributed by atoms with Crippen LogP contribution in [0.4, 0.5) is 5.69 Å². The Morgan fingerprint density at radius 2 is 1.76 bits per heavy atom. The van der Waals surface area contributed by atoms with Crippen LogP contribution < -0.4 is 14.8 Å². The molecule has 0 saturated carbocycles. The van der Waals surface area contributed by atoms with Crippen molar-refractivity contribution in [2.24, 2.45) is 0 Å². The minimum Gasteiger partial charge on any atom is -0.486 e. The number of benzene rings is 2. The predicted octanol–water partition coefficient (Wildman–Crippen LogP) is 4.05. The summed E-state index contributed by atoms with van der Waals surface area (Å²) in [5.41, 5.74) is 0.540. The van der Waals surface area contributed by atoms with Crippen LogP contribution in [0.25, 0.3) is 0 Å². The van der Waals surface area contributed by atoms with E-state index in [4.69, 9.17) is 32.7 Å². The monoisotopic (exact) mass is 458 g/mol. The third-order valence-electron chi connectivity index (χ3n) is 4.37.